The standard InChI is InChI=1S/C14H20N2O2/c1-10(2)12-9-16(8-7-15-12)13-6-4-3-5-11(13)14(17)18/h3-6,10,12,15H,7-9H2,1-2H3,(H,17,18)/t12-/m0/s1. The van der Waals surface area contributed by atoms with Crippen molar-refractivity contribution in [3.8, 4) is 0 Å². The molecule has 0 saturated carbocycles. The van der Waals surface area contributed by atoms with Crippen LogP contribution in [0.15, 0.2) is 24.3 Å². The number of carbonyl (C=O) groups is 1. The Hall–Kier alpha value is -1.55. The van der Waals surface area contributed by atoms with Crippen molar-refractivity contribution in [2.45, 2.75) is 19.9 Å². The first-order valence-corrected chi connectivity index (χ1v) is 6.40. The SMILES string of the molecule is CC(C)[C@@H]1CN(c2ccccc2C(=O)O)CCN1. The van der Waals surface area contributed by atoms with Crippen molar-refractivity contribution in [2.75, 3.05) is 24.5 Å². The van der Waals surface area contributed by atoms with Gasteiger partial charge in [0, 0.05) is 25.7 Å². The molecule has 98 valence electrons. The van der Waals surface area contributed by atoms with Crippen LogP contribution in [0.25, 0.3) is 0 Å². The summed E-state index contributed by atoms with van der Waals surface area (Å²) in [5, 5.41) is 12.7. The van der Waals surface area contributed by atoms with Crippen LogP contribution >= 0.6 is 0 Å². The highest BCUT2D eigenvalue weighted by Gasteiger charge is 2.24. The third-order valence-electron chi connectivity index (χ3n) is 3.49. The number of nitrogens with zero attached hydrogens (tertiary/aromatic N) is 1. The van der Waals surface area contributed by atoms with Gasteiger partial charge in [-0.05, 0) is 18.1 Å². The quantitative estimate of drug-likeness (QED) is 0.856. The van der Waals surface area contributed by atoms with Crippen molar-refractivity contribution < 1.29 is 9.90 Å². The molecule has 1 heterocycles. The molecule has 0 spiro atoms. The number of aromatic carboxylic acids is 1. The summed E-state index contributed by atoms with van der Waals surface area (Å²) >= 11 is 0. The summed E-state index contributed by atoms with van der Waals surface area (Å²) in [4.78, 5) is 13.4. The number of hydrogen-bond acceptors (Lipinski definition) is 3. The van der Waals surface area contributed by atoms with Crippen molar-refractivity contribution in [3.05, 3.63) is 29.8 Å². The lowest BCUT2D eigenvalue weighted by atomic mass is 10.0. The van der Waals surface area contributed by atoms with E-state index in [4.69, 9.17) is 0 Å². The van der Waals surface area contributed by atoms with Gasteiger partial charge in [-0.15, -0.1) is 0 Å². The van der Waals surface area contributed by atoms with Gasteiger partial charge in [-0.3, -0.25) is 0 Å². The molecule has 1 aromatic carbocycles. The normalized spacial score (nSPS) is 20.2. The van der Waals surface area contributed by atoms with E-state index in [0.717, 1.165) is 25.3 Å². The Kier molecular flexibility index (Phi) is 3.87. The largest absolute Gasteiger partial charge is 0.478 e. The molecule has 2 N–H and O–H groups in total. The summed E-state index contributed by atoms with van der Waals surface area (Å²) < 4.78 is 0. The molecular weight excluding hydrogens is 228 g/mol. The number of carboxylic acids is 1. The van der Waals surface area contributed by atoms with Crippen LogP contribution in [-0.2, 0) is 0 Å². The molecule has 0 aliphatic carbocycles. The lowest BCUT2D eigenvalue weighted by Crippen LogP contribution is -2.53. The van der Waals surface area contributed by atoms with Gasteiger partial charge in [-0.25, -0.2) is 4.79 Å². The first-order valence-electron chi connectivity index (χ1n) is 6.40. The highest BCUT2D eigenvalue weighted by atomic mass is 16.4. The van der Waals surface area contributed by atoms with Gasteiger partial charge in [-0.1, -0.05) is 26.0 Å². The molecular formula is C14H20N2O2. The van der Waals surface area contributed by atoms with E-state index in [-0.39, 0.29) is 0 Å². The summed E-state index contributed by atoms with van der Waals surface area (Å²) in [6, 6.07) is 7.65. The molecule has 4 heteroatoms. The van der Waals surface area contributed by atoms with E-state index in [2.05, 4.69) is 24.1 Å². The molecule has 1 aliphatic heterocycles. The van der Waals surface area contributed by atoms with Gasteiger partial charge in [0.1, 0.15) is 0 Å². The fourth-order valence-electron chi connectivity index (χ4n) is 2.37. The summed E-state index contributed by atoms with van der Waals surface area (Å²) in [6.07, 6.45) is 0. The Morgan fingerprint density at radius 2 is 2.17 bits per heavy atom. The Morgan fingerprint density at radius 3 is 2.83 bits per heavy atom. The van der Waals surface area contributed by atoms with Crippen LogP contribution in [0, 0.1) is 5.92 Å². The summed E-state index contributed by atoms with van der Waals surface area (Å²) in [5.41, 5.74) is 1.22. The number of rotatable bonds is 3. The van der Waals surface area contributed by atoms with E-state index in [1.54, 1.807) is 12.1 Å². The molecule has 1 fully saturated rings. The van der Waals surface area contributed by atoms with E-state index in [1.807, 2.05) is 12.1 Å². The predicted molar refractivity (Wildman–Crippen MR) is 72.2 cm³/mol. The van der Waals surface area contributed by atoms with Crippen LogP contribution in [0.3, 0.4) is 0 Å². The third-order valence-corrected chi connectivity index (χ3v) is 3.49. The average Bonchev–Trinajstić information content (AvgIpc) is 2.39. The van der Waals surface area contributed by atoms with Crippen molar-refractivity contribution >= 4 is 11.7 Å². The van der Waals surface area contributed by atoms with E-state index < -0.39 is 5.97 Å². The molecule has 0 bridgehead atoms. The predicted octanol–water partition coefficient (Wildman–Crippen LogP) is 1.82. The highest BCUT2D eigenvalue weighted by molar-refractivity contribution is 5.94. The minimum Gasteiger partial charge on any atom is -0.478 e. The van der Waals surface area contributed by atoms with E-state index in [9.17, 15) is 9.90 Å². The number of benzene rings is 1. The van der Waals surface area contributed by atoms with Crippen molar-refractivity contribution in [3.63, 3.8) is 0 Å². The zero-order valence-electron chi connectivity index (χ0n) is 10.9. The lowest BCUT2D eigenvalue weighted by Gasteiger charge is -2.37. The van der Waals surface area contributed by atoms with Gasteiger partial charge in [0.05, 0.1) is 11.3 Å². The number of anilines is 1. The number of carboxylic acid groups (broad SMARTS) is 1. The van der Waals surface area contributed by atoms with Crippen molar-refractivity contribution in [1.82, 2.24) is 5.32 Å². The molecule has 1 saturated heterocycles. The second kappa shape index (κ2) is 5.40. The minimum absolute atomic E-state index is 0.391. The fraction of sp³-hybridized carbons (Fsp3) is 0.500. The van der Waals surface area contributed by atoms with E-state index >= 15 is 0 Å². The third kappa shape index (κ3) is 2.64. The zero-order valence-corrected chi connectivity index (χ0v) is 10.9. The van der Waals surface area contributed by atoms with E-state index in [0.29, 0.717) is 17.5 Å². The van der Waals surface area contributed by atoms with Crippen molar-refractivity contribution in [2.24, 2.45) is 5.92 Å². The van der Waals surface area contributed by atoms with Crippen LogP contribution in [0.1, 0.15) is 24.2 Å². The van der Waals surface area contributed by atoms with Gasteiger partial charge in [0.2, 0.25) is 0 Å². The van der Waals surface area contributed by atoms with Crippen molar-refractivity contribution in [1.29, 1.82) is 0 Å². The topological polar surface area (TPSA) is 52.6 Å². The maximum Gasteiger partial charge on any atom is 0.337 e. The smallest absolute Gasteiger partial charge is 0.337 e. The molecule has 0 amide bonds. The average molecular weight is 248 g/mol. The summed E-state index contributed by atoms with van der Waals surface area (Å²) in [7, 11) is 0. The lowest BCUT2D eigenvalue weighted by molar-refractivity contribution is 0.0697. The van der Waals surface area contributed by atoms with Gasteiger partial charge >= 0.3 is 5.97 Å². The molecule has 1 aliphatic rings. The summed E-state index contributed by atoms with van der Waals surface area (Å²) in [6.45, 7) is 6.99. The first kappa shape index (κ1) is 12.9. The van der Waals surface area contributed by atoms with E-state index in [1.165, 1.54) is 0 Å². The molecule has 0 unspecified atom stereocenters. The molecule has 1 atom stereocenters. The Morgan fingerprint density at radius 1 is 1.44 bits per heavy atom. The van der Waals surface area contributed by atoms with Crippen LogP contribution in [0.2, 0.25) is 0 Å². The number of hydrogen-bond donors (Lipinski definition) is 2. The zero-order chi connectivity index (χ0) is 13.1. The Bertz CT molecular complexity index is 432. The van der Waals surface area contributed by atoms with Gasteiger partial charge in [0.25, 0.3) is 0 Å². The maximum atomic E-state index is 11.2. The van der Waals surface area contributed by atoms with Crippen LogP contribution < -0.4 is 10.2 Å². The Balaban J connectivity index is 2.23. The molecule has 4 nitrogen and oxygen atoms in total. The maximum absolute atomic E-state index is 11.2. The minimum atomic E-state index is -0.856. The molecule has 0 radical (unpaired) electrons. The Labute approximate surface area is 108 Å². The number of nitrogens with one attached hydrogen (secondary N) is 1. The van der Waals surface area contributed by atoms with Crippen LogP contribution in [0.5, 0.6) is 0 Å². The van der Waals surface area contributed by atoms with Crippen LogP contribution in [0.4, 0.5) is 5.69 Å². The first-order chi connectivity index (χ1) is 8.59. The highest BCUT2D eigenvalue weighted by Crippen LogP contribution is 2.22. The fourth-order valence-corrected chi connectivity index (χ4v) is 2.37. The molecule has 0 aromatic heterocycles. The van der Waals surface area contributed by atoms with Gasteiger partial charge < -0.3 is 15.3 Å². The second-order valence-corrected chi connectivity index (χ2v) is 5.07. The van der Waals surface area contributed by atoms with Crippen LogP contribution in [-0.4, -0.2) is 36.8 Å². The molecule has 18 heavy (non-hydrogen) atoms. The summed E-state index contributed by atoms with van der Waals surface area (Å²) in [5.74, 6) is -0.310. The molecule has 1 aromatic rings. The molecule has 2 rings (SSSR count). The number of piperazine rings is 1. The van der Waals surface area contributed by atoms with Gasteiger partial charge in [-0.2, -0.15) is 0 Å². The van der Waals surface area contributed by atoms with Gasteiger partial charge in [0.15, 0.2) is 0 Å². The number of para-hydroxylation sites is 1. The monoisotopic (exact) mass is 248 g/mol. The second-order valence-electron chi connectivity index (χ2n) is 5.07.